The van der Waals surface area contributed by atoms with Crippen molar-refractivity contribution in [2.75, 3.05) is 13.1 Å². The van der Waals surface area contributed by atoms with Gasteiger partial charge in [0.15, 0.2) is 0 Å². The van der Waals surface area contributed by atoms with Crippen molar-refractivity contribution in [1.29, 1.82) is 0 Å². The van der Waals surface area contributed by atoms with Crippen molar-refractivity contribution in [3.8, 4) is 0 Å². The van der Waals surface area contributed by atoms with Crippen LogP contribution < -0.4 is 0 Å². The van der Waals surface area contributed by atoms with Gasteiger partial charge >= 0.3 is 0 Å². The summed E-state index contributed by atoms with van der Waals surface area (Å²) in [6, 6.07) is 0. The Bertz CT molecular complexity index is 448. The van der Waals surface area contributed by atoms with Crippen LogP contribution in [0.1, 0.15) is 56.3 Å². The molecule has 1 aliphatic carbocycles. The number of aryl methyl sites for hydroxylation is 1. The molecule has 0 aromatic carbocycles. The molecule has 0 bridgehead atoms. The number of hydrogen-bond donors (Lipinski definition) is 1. The fourth-order valence-electron chi connectivity index (χ4n) is 3.60. The summed E-state index contributed by atoms with van der Waals surface area (Å²) in [7, 11) is 0. The number of aromatic nitrogens is 2. The maximum atomic E-state index is 12.5. The molecular formula is C16H25N3O. The molecule has 1 aromatic rings. The van der Waals surface area contributed by atoms with Crippen molar-refractivity contribution in [1.82, 2.24) is 14.9 Å². The van der Waals surface area contributed by atoms with E-state index in [0.717, 1.165) is 44.5 Å². The first-order valence-corrected chi connectivity index (χ1v) is 8.12. The molecule has 1 aliphatic heterocycles. The van der Waals surface area contributed by atoms with Gasteiger partial charge in [-0.05, 0) is 31.6 Å². The molecule has 1 amide bonds. The van der Waals surface area contributed by atoms with Gasteiger partial charge in [-0.2, -0.15) is 0 Å². The number of carbonyl (C=O) groups excluding carboxylic acids is 1. The summed E-state index contributed by atoms with van der Waals surface area (Å²) in [5.41, 5.74) is 2.42. The second-order valence-corrected chi connectivity index (χ2v) is 6.27. The molecule has 0 unspecified atom stereocenters. The van der Waals surface area contributed by atoms with Gasteiger partial charge in [0.1, 0.15) is 0 Å². The predicted molar refractivity (Wildman–Crippen MR) is 78.4 cm³/mol. The van der Waals surface area contributed by atoms with Crippen LogP contribution in [-0.4, -0.2) is 33.9 Å². The maximum absolute atomic E-state index is 12.5. The Balaban J connectivity index is 1.55. The van der Waals surface area contributed by atoms with Gasteiger partial charge in [0.2, 0.25) is 5.91 Å². The third kappa shape index (κ3) is 3.22. The minimum Gasteiger partial charge on any atom is -0.348 e. The molecule has 4 nitrogen and oxygen atoms in total. The lowest BCUT2D eigenvalue weighted by atomic mass is 9.86. The standard InChI is InChI=1S/C16H25N3O/c20-16(11-13-5-2-1-3-6-13)19-9-4-7-14-15(8-10-19)18-12-17-14/h12-13H,1-11H2,(H,17,18). The van der Waals surface area contributed by atoms with Gasteiger partial charge in [-0.15, -0.1) is 0 Å². The monoisotopic (exact) mass is 275 g/mol. The summed E-state index contributed by atoms with van der Waals surface area (Å²) in [5.74, 6) is 1.01. The molecule has 2 heterocycles. The number of nitrogens with zero attached hydrogens (tertiary/aromatic N) is 2. The lowest BCUT2D eigenvalue weighted by Gasteiger charge is -2.28. The zero-order valence-electron chi connectivity index (χ0n) is 12.2. The van der Waals surface area contributed by atoms with E-state index in [0.29, 0.717) is 11.8 Å². The van der Waals surface area contributed by atoms with Crippen LogP contribution in [0.5, 0.6) is 0 Å². The number of imidazole rings is 1. The molecule has 110 valence electrons. The van der Waals surface area contributed by atoms with E-state index in [9.17, 15) is 4.79 Å². The lowest BCUT2D eigenvalue weighted by molar-refractivity contribution is -0.132. The number of hydrogen-bond acceptors (Lipinski definition) is 2. The fraction of sp³-hybridized carbons (Fsp3) is 0.750. The first-order valence-electron chi connectivity index (χ1n) is 8.12. The van der Waals surface area contributed by atoms with Crippen molar-refractivity contribution in [3.63, 3.8) is 0 Å². The maximum Gasteiger partial charge on any atom is 0.222 e. The molecule has 1 aromatic heterocycles. The van der Waals surface area contributed by atoms with Gasteiger partial charge in [-0.25, -0.2) is 4.98 Å². The van der Waals surface area contributed by atoms with E-state index in [4.69, 9.17) is 0 Å². The zero-order chi connectivity index (χ0) is 13.8. The van der Waals surface area contributed by atoms with Gasteiger partial charge in [0.05, 0.1) is 12.0 Å². The van der Waals surface area contributed by atoms with E-state index in [1.807, 2.05) is 0 Å². The third-order valence-corrected chi connectivity index (χ3v) is 4.82. The first-order chi connectivity index (χ1) is 9.83. The van der Waals surface area contributed by atoms with Crippen LogP contribution in [0.3, 0.4) is 0 Å². The number of aromatic amines is 1. The van der Waals surface area contributed by atoms with Crippen LogP contribution in [0.15, 0.2) is 6.33 Å². The number of rotatable bonds is 2. The molecule has 1 fully saturated rings. The van der Waals surface area contributed by atoms with E-state index in [1.54, 1.807) is 6.33 Å². The van der Waals surface area contributed by atoms with E-state index < -0.39 is 0 Å². The summed E-state index contributed by atoms with van der Waals surface area (Å²) in [4.78, 5) is 22.1. The second kappa shape index (κ2) is 6.42. The van der Waals surface area contributed by atoms with Crippen molar-refractivity contribution in [2.45, 2.75) is 57.8 Å². The normalized spacial score (nSPS) is 21.1. The number of fused-ring (bicyclic) bond motifs is 1. The van der Waals surface area contributed by atoms with Crippen molar-refractivity contribution in [3.05, 3.63) is 17.7 Å². The van der Waals surface area contributed by atoms with Crippen LogP contribution in [0.4, 0.5) is 0 Å². The zero-order valence-corrected chi connectivity index (χ0v) is 12.2. The van der Waals surface area contributed by atoms with Crippen molar-refractivity contribution >= 4 is 5.91 Å². The predicted octanol–water partition coefficient (Wildman–Crippen LogP) is 2.70. The van der Waals surface area contributed by atoms with E-state index >= 15 is 0 Å². The van der Waals surface area contributed by atoms with Gasteiger partial charge in [0, 0.05) is 31.6 Å². The Hall–Kier alpha value is -1.32. The summed E-state index contributed by atoms with van der Waals surface area (Å²) < 4.78 is 0. The van der Waals surface area contributed by atoms with Crippen molar-refractivity contribution < 1.29 is 4.79 Å². The SMILES string of the molecule is O=C(CC1CCCCC1)N1CCCc2[nH]cnc2CC1. The Morgan fingerprint density at radius 1 is 1.20 bits per heavy atom. The molecule has 1 N–H and O–H groups in total. The lowest BCUT2D eigenvalue weighted by Crippen LogP contribution is -2.36. The average molecular weight is 275 g/mol. The van der Waals surface area contributed by atoms with Crippen LogP contribution in [0, 0.1) is 5.92 Å². The largest absolute Gasteiger partial charge is 0.348 e. The Labute approximate surface area is 121 Å². The number of nitrogens with one attached hydrogen (secondary N) is 1. The van der Waals surface area contributed by atoms with E-state index in [1.165, 1.54) is 37.8 Å². The minimum absolute atomic E-state index is 0.371. The number of H-pyrrole nitrogens is 1. The molecule has 0 radical (unpaired) electrons. The minimum atomic E-state index is 0.371. The average Bonchev–Trinajstić information content (AvgIpc) is 2.86. The molecule has 1 saturated carbocycles. The summed E-state index contributed by atoms with van der Waals surface area (Å²) in [5, 5.41) is 0. The highest BCUT2D eigenvalue weighted by molar-refractivity contribution is 5.76. The number of amides is 1. The molecule has 0 saturated heterocycles. The van der Waals surface area contributed by atoms with Gasteiger partial charge in [-0.3, -0.25) is 4.79 Å². The molecule has 20 heavy (non-hydrogen) atoms. The highest BCUT2D eigenvalue weighted by Gasteiger charge is 2.22. The topological polar surface area (TPSA) is 49.0 Å². The van der Waals surface area contributed by atoms with Crippen LogP contribution >= 0.6 is 0 Å². The Kier molecular flexibility index (Phi) is 4.38. The quantitative estimate of drug-likeness (QED) is 0.902. The molecular weight excluding hydrogens is 250 g/mol. The van der Waals surface area contributed by atoms with E-state index in [2.05, 4.69) is 14.9 Å². The molecule has 2 aliphatic rings. The molecule has 3 rings (SSSR count). The van der Waals surface area contributed by atoms with Crippen molar-refractivity contribution in [2.24, 2.45) is 5.92 Å². The first kappa shape index (κ1) is 13.7. The third-order valence-electron chi connectivity index (χ3n) is 4.82. The molecule has 4 heteroatoms. The Morgan fingerprint density at radius 2 is 2.05 bits per heavy atom. The highest BCUT2D eigenvalue weighted by atomic mass is 16.2. The van der Waals surface area contributed by atoms with Gasteiger partial charge in [-0.1, -0.05) is 19.3 Å². The van der Waals surface area contributed by atoms with Crippen LogP contribution in [-0.2, 0) is 17.6 Å². The fourth-order valence-corrected chi connectivity index (χ4v) is 3.60. The van der Waals surface area contributed by atoms with E-state index in [-0.39, 0.29) is 0 Å². The number of carbonyl (C=O) groups is 1. The molecule has 0 atom stereocenters. The smallest absolute Gasteiger partial charge is 0.222 e. The summed E-state index contributed by atoms with van der Waals surface area (Å²) >= 11 is 0. The van der Waals surface area contributed by atoms with Crippen LogP contribution in [0.25, 0.3) is 0 Å². The second-order valence-electron chi connectivity index (χ2n) is 6.27. The molecule has 0 spiro atoms. The summed E-state index contributed by atoms with van der Waals surface area (Å²) in [6.07, 6.45) is 12.0. The Morgan fingerprint density at radius 3 is 2.90 bits per heavy atom. The highest BCUT2D eigenvalue weighted by Crippen LogP contribution is 2.27. The van der Waals surface area contributed by atoms with Gasteiger partial charge in [0.25, 0.3) is 0 Å². The summed E-state index contributed by atoms with van der Waals surface area (Å²) in [6.45, 7) is 1.74. The van der Waals surface area contributed by atoms with Gasteiger partial charge < -0.3 is 9.88 Å². The van der Waals surface area contributed by atoms with Crippen LogP contribution in [0.2, 0.25) is 0 Å².